The highest BCUT2D eigenvalue weighted by atomic mass is 35.5. The molecule has 6 nitrogen and oxygen atoms in total. The lowest BCUT2D eigenvalue weighted by molar-refractivity contribution is 0.0977. The fraction of sp³-hybridized carbons (Fsp3) is 0. The summed E-state index contributed by atoms with van der Waals surface area (Å²) in [6.45, 7) is 0. The fourth-order valence-electron chi connectivity index (χ4n) is 2.46. The largest absolute Gasteiger partial charge is 0.331 e. The normalized spacial score (nSPS) is 10.9. The van der Waals surface area contributed by atoms with Gasteiger partial charge in [-0.1, -0.05) is 29.3 Å². The van der Waals surface area contributed by atoms with Gasteiger partial charge in [-0.05, 0) is 72.9 Å². The van der Waals surface area contributed by atoms with Gasteiger partial charge in [0, 0.05) is 10.6 Å². The van der Waals surface area contributed by atoms with Gasteiger partial charge in [-0.25, -0.2) is 12.8 Å². The van der Waals surface area contributed by atoms with Crippen LogP contribution in [0.5, 0.6) is 0 Å². The van der Waals surface area contributed by atoms with Crippen molar-refractivity contribution in [2.75, 3.05) is 10.0 Å². The van der Waals surface area contributed by atoms with Gasteiger partial charge in [0.25, 0.3) is 15.9 Å². The summed E-state index contributed by atoms with van der Waals surface area (Å²) in [6, 6.07) is 15.1. The minimum atomic E-state index is -3.95. The van der Waals surface area contributed by atoms with Gasteiger partial charge in [-0.2, -0.15) is 0 Å². The molecule has 160 valence electrons. The molecule has 3 rings (SSSR count). The van der Waals surface area contributed by atoms with Gasteiger partial charge in [0.1, 0.15) is 5.82 Å². The van der Waals surface area contributed by atoms with Crippen LogP contribution in [0.25, 0.3) is 0 Å². The molecule has 0 spiro atoms. The molecule has 0 radical (unpaired) electrons. The van der Waals surface area contributed by atoms with E-state index in [4.69, 9.17) is 35.4 Å². The first kappa shape index (κ1) is 23.0. The highest BCUT2D eigenvalue weighted by Gasteiger charge is 2.17. The molecule has 0 aliphatic rings. The first-order chi connectivity index (χ1) is 14.6. The van der Waals surface area contributed by atoms with E-state index in [1.807, 2.05) is 0 Å². The summed E-state index contributed by atoms with van der Waals surface area (Å²) in [5.74, 6) is -1.05. The lowest BCUT2D eigenvalue weighted by atomic mass is 10.2. The molecule has 0 saturated carbocycles. The molecule has 1 amide bonds. The maximum absolute atomic E-state index is 13.0. The van der Waals surface area contributed by atoms with Crippen LogP contribution in [-0.2, 0) is 10.0 Å². The summed E-state index contributed by atoms with van der Waals surface area (Å²) >= 11 is 17.1. The van der Waals surface area contributed by atoms with Crippen molar-refractivity contribution in [3.05, 3.63) is 88.2 Å². The zero-order valence-corrected chi connectivity index (χ0v) is 18.7. The Balaban J connectivity index is 1.75. The standard InChI is InChI=1S/C20H14Cl2FN3O3S2/c21-13-2-1-3-15(10-13)26-31(28,29)16-8-9-17(22)18(11-16)24-20(30)25-19(27)12-4-6-14(23)7-5-12/h1-11,26H,(H2,24,25,27,30). The van der Waals surface area contributed by atoms with Crippen molar-refractivity contribution in [2.24, 2.45) is 0 Å². The van der Waals surface area contributed by atoms with Crippen LogP contribution in [0.15, 0.2) is 71.6 Å². The second kappa shape index (κ2) is 9.61. The molecule has 0 atom stereocenters. The molecule has 0 bridgehead atoms. The third-order valence-corrected chi connectivity index (χ3v) is 6.05. The Hall–Kier alpha value is -2.72. The van der Waals surface area contributed by atoms with Crippen molar-refractivity contribution in [3.63, 3.8) is 0 Å². The quantitative estimate of drug-likeness (QED) is 0.428. The van der Waals surface area contributed by atoms with Crippen LogP contribution >= 0.6 is 35.4 Å². The van der Waals surface area contributed by atoms with E-state index in [0.717, 1.165) is 12.1 Å². The molecule has 31 heavy (non-hydrogen) atoms. The van der Waals surface area contributed by atoms with Crippen LogP contribution in [0.2, 0.25) is 10.0 Å². The van der Waals surface area contributed by atoms with Crippen molar-refractivity contribution in [2.45, 2.75) is 4.90 Å². The Morgan fingerprint density at radius 1 is 0.968 bits per heavy atom. The van der Waals surface area contributed by atoms with Crippen molar-refractivity contribution >= 4 is 67.8 Å². The van der Waals surface area contributed by atoms with Gasteiger partial charge >= 0.3 is 0 Å². The van der Waals surface area contributed by atoms with Crippen molar-refractivity contribution in [1.29, 1.82) is 0 Å². The van der Waals surface area contributed by atoms with Gasteiger partial charge in [-0.3, -0.25) is 14.8 Å². The highest BCUT2D eigenvalue weighted by molar-refractivity contribution is 7.92. The minimum absolute atomic E-state index is 0.0907. The van der Waals surface area contributed by atoms with Gasteiger partial charge in [0.2, 0.25) is 0 Å². The van der Waals surface area contributed by atoms with E-state index in [9.17, 15) is 17.6 Å². The summed E-state index contributed by atoms with van der Waals surface area (Å²) in [7, 11) is -3.95. The van der Waals surface area contributed by atoms with Gasteiger partial charge in [0.15, 0.2) is 5.11 Å². The summed E-state index contributed by atoms with van der Waals surface area (Å²) in [5, 5.41) is 5.54. The number of carbonyl (C=O) groups excluding carboxylic acids is 1. The second-order valence-corrected chi connectivity index (χ2v) is 9.11. The molecule has 0 aromatic heterocycles. The molecule has 11 heteroatoms. The van der Waals surface area contributed by atoms with Crippen LogP contribution in [0, 0.1) is 5.82 Å². The number of anilines is 2. The summed E-state index contributed by atoms with van der Waals surface area (Å²) in [4.78, 5) is 12.1. The van der Waals surface area contributed by atoms with Crippen molar-refractivity contribution in [3.8, 4) is 0 Å². The first-order valence-corrected chi connectivity index (χ1v) is 11.2. The Morgan fingerprint density at radius 2 is 1.68 bits per heavy atom. The smallest absolute Gasteiger partial charge is 0.261 e. The number of amides is 1. The van der Waals surface area contributed by atoms with Crippen LogP contribution in [-0.4, -0.2) is 19.4 Å². The summed E-state index contributed by atoms with van der Waals surface area (Å²) in [6.07, 6.45) is 0. The molecule has 0 aliphatic heterocycles. The zero-order valence-electron chi connectivity index (χ0n) is 15.5. The molecule has 0 fully saturated rings. The summed E-state index contributed by atoms with van der Waals surface area (Å²) < 4.78 is 40.8. The molecule has 0 heterocycles. The fourth-order valence-corrected chi connectivity index (χ4v) is 4.10. The maximum atomic E-state index is 13.0. The lowest BCUT2D eigenvalue weighted by Crippen LogP contribution is -2.34. The third kappa shape index (κ3) is 6.14. The molecule has 3 N–H and O–H groups in total. The third-order valence-electron chi connectivity index (χ3n) is 3.91. The van der Waals surface area contributed by atoms with E-state index in [1.54, 1.807) is 18.2 Å². The van der Waals surface area contributed by atoms with E-state index in [2.05, 4.69) is 15.4 Å². The average molecular weight is 498 g/mol. The number of halogens is 3. The molecular weight excluding hydrogens is 484 g/mol. The predicted octanol–water partition coefficient (Wildman–Crippen LogP) is 5.06. The van der Waals surface area contributed by atoms with E-state index in [1.165, 1.54) is 36.4 Å². The van der Waals surface area contributed by atoms with E-state index in [-0.39, 0.29) is 26.3 Å². The summed E-state index contributed by atoms with van der Waals surface area (Å²) in [5.41, 5.74) is 0.651. The van der Waals surface area contributed by atoms with Gasteiger partial charge < -0.3 is 5.32 Å². The number of rotatable bonds is 5. The lowest BCUT2D eigenvalue weighted by Gasteiger charge is -2.13. The number of sulfonamides is 1. The van der Waals surface area contributed by atoms with Crippen molar-refractivity contribution in [1.82, 2.24) is 5.32 Å². The van der Waals surface area contributed by atoms with E-state index in [0.29, 0.717) is 10.7 Å². The molecule has 0 unspecified atom stereocenters. The molecule has 3 aromatic carbocycles. The Bertz CT molecular complexity index is 1250. The van der Waals surface area contributed by atoms with E-state index >= 15 is 0 Å². The Morgan fingerprint density at radius 3 is 2.35 bits per heavy atom. The SMILES string of the molecule is O=C(NC(=S)Nc1cc(S(=O)(=O)Nc2cccc(Cl)c2)ccc1Cl)c1ccc(F)cc1. The monoisotopic (exact) mass is 497 g/mol. The average Bonchev–Trinajstić information content (AvgIpc) is 2.69. The van der Waals surface area contributed by atoms with Crippen molar-refractivity contribution < 1.29 is 17.6 Å². The van der Waals surface area contributed by atoms with Gasteiger partial charge in [0.05, 0.1) is 21.3 Å². The molecule has 0 aliphatic carbocycles. The Labute approximate surface area is 193 Å². The van der Waals surface area contributed by atoms with Crippen LogP contribution in [0.4, 0.5) is 15.8 Å². The molecule has 0 saturated heterocycles. The predicted molar refractivity (Wildman–Crippen MR) is 124 cm³/mol. The van der Waals surface area contributed by atoms with Crippen LogP contribution in [0.3, 0.4) is 0 Å². The number of thiocarbonyl (C=S) groups is 1. The van der Waals surface area contributed by atoms with Gasteiger partial charge in [-0.15, -0.1) is 0 Å². The second-order valence-electron chi connectivity index (χ2n) is 6.17. The minimum Gasteiger partial charge on any atom is -0.331 e. The van der Waals surface area contributed by atoms with E-state index < -0.39 is 21.7 Å². The number of benzene rings is 3. The molecular formula is C20H14Cl2FN3O3S2. The first-order valence-electron chi connectivity index (χ1n) is 8.60. The zero-order chi connectivity index (χ0) is 22.6. The Kier molecular flexibility index (Phi) is 7.11. The number of nitrogens with one attached hydrogen (secondary N) is 3. The highest BCUT2D eigenvalue weighted by Crippen LogP contribution is 2.27. The van der Waals surface area contributed by atoms with Crippen LogP contribution in [0.1, 0.15) is 10.4 Å². The van der Waals surface area contributed by atoms with Crippen LogP contribution < -0.4 is 15.4 Å². The molecule has 3 aromatic rings. The maximum Gasteiger partial charge on any atom is 0.261 e. The topological polar surface area (TPSA) is 87.3 Å². The number of hydrogen-bond donors (Lipinski definition) is 3. The number of hydrogen-bond acceptors (Lipinski definition) is 4. The number of carbonyl (C=O) groups is 1.